The van der Waals surface area contributed by atoms with Crippen LogP contribution in [-0.4, -0.2) is 44.5 Å². The molecule has 106 valence electrons. The first-order valence-corrected chi connectivity index (χ1v) is 9.21. The monoisotopic (exact) mass is 302 g/mol. The zero-order valence-corrected chi connectivity index (χ0v) is 12.5. The molecule has 0 unspecified atom stereocenters. The van der Waals surface area contributed by atoms with Crippen molar-refractivity contribution in [2.75, 3.05) is 30.8 Å². The van der Waals surface area contributed by atoms with E-state index in [4.69, 9.17) is 0 Å². The van der Waals surface area contributed by atoms with Gasteiger partial charge in [0.25, 0.3) is 0 Å². The third kappa shape index (κ3) is 2.90. The molecule has 2 aliphatic rings. The maximum Gasteiger partial charge on any atom is 0.208 e. The van der Waals surface area contributed by atoms with E-state index in [2.05, 4.69) is 19.8 Å². The number of nitrogens with zero attached hydrogens (tertiary/aromatic N) is 3. The van der Waals surface area contributed by atoms with Crippen LogP contribution in [-0.2, 0) is 10.0 Å². The molecule has 0 bridgehead atoms. The van der Waals surface area contributed by atoms with Crippen LogP contribution in [0.4, 0.5) is 5.13 Å². The third-order valence-corrected chi connectivity index (χ3v) is 5.77. The lowest BCUT2D eigenvalue weighted by Gasteiger charge is -2.32. The molecular weight excluding hydrogens is 284 g/mol. The highest BCUT2D eigenvalue weighted by molar-refractivity contribution is 7.88. The zero-order chi connectivity index (χ0) is 13.5. The first-order valence-electron chi connectivity index (χ1n) is 6.44. The molecule has 1 saturated carbocycles. The molecule has 19 heavy (non-hydrogen) atoms. The molecule has 1 aromatic heterocycles. The molecule has 1 aliphatic carbocycles. The number of piperidine rings is 1. The molecule has 1 atom stereocenters. The van der Waals surface area contributed by atoms with E-state index >= 15 is 0 Å². The summed E-state index contributed by atoms with van der Waals surface area (Å²) in [5.74, 6) is 0.513. The van der Waals surface area contributed by atoms with E-state index in [9.17, 15) is 8.42 Å². The van der Waals surface area contributed by atoms with Crippen molar-refractivity contribution in [3.63, 3.8) is 0 Å². The van der Waals surface area contributed by atoms with E-state index in [1.807, 2.05) is 0 Å². The molecular formula is C11H18N4O2S2. The molecule has 1 spiro atoms. The Bertz CT molecular complexity index is 535. The normalized spacial score (nSPS) is 25.7. The second-order valence-electron chi connectivity index (χ2n) is 5.59. The van der Waals surface area contributed by atoms with Gasteiger partial charge in [-0.25, -0.2) is 13.1 Å². The standard InChI is InChI=1S/C11H18N4O2S2/c1-19(16,17)13-7-9-6-11(9)2-4-15(5-3-11)10-14-12-8-18-10/h8-9,13H,2-7H2,1H3/t9-/m1/s1. The van der Waals surface area contributed by atoms with Gasteiger partial charge < -0.3 is 4.90 Å². The Kier molecular flexibility index (Phi) is 3.26. The average Bonchev–Trinajstić information content (AvgIpc) is 2.77. The predicted octanol–water partition coefficient (Wildman–Crippen LogP) is 0.694. The minimum atomic E-state index is -3.06. The van der Waals surface area contributed by atoms with Crippen molar-refractivity contribution in [2.24, 2.45) is 11.3 Å². The van der Waals surface area contributed by atoms with Gasteiger partial charge in [0.2, 0.25) is 15.2 Å². The molecule has 6 nitrogen and oxygen atoms in total. The first kappa shape index (κ1) is 13.3. The Labute approximate surface area is 117 Å². The highest BCUT2D eigenvalue weighted by Crippen LogP contribution is 2.59. The summed E-state index contributed by atoms with van der Waals surface area (Å²) in [6.45, 7) is 2.60. The summed E-state index contributed by atoms with van der Waals surface area (Å²) < 4.78 is 24.9. The quantitative estimate of drug-likeness (QED) is 0.886. The van der Waals surface area contributed by atoms with Crippen LogP contribution in [0.25, 0.3) is 0 Å². The van der Waals surface area contributed by atoms with Crippen LogP contribution < -0.4 is 9.62 Å². The summed E-state index contributed by atoms with van der Waals surface area (Å²) >= 11 is 1.58. The van der Waals surface area contributed by atoms with Crippen molar-refractivity contribution < 1.29 is 8.42 Å². The predicted molar refractivity (Wildman–Crippen MR) is 74.7 cm³/mol. The van der Waals surface area contributed by atoms with E-state index in [1.54, 1.807) is 16.8 Å². The van der Waals surface area contributed by atoms with Gasteiger partial charge in [-0.1, -0.05) is 11.3 Å². The number of sulfonamides is 1. The van der Waals surface area contributed by atoms with Crippen LogP contribution in [0.1, 0.15) is 19.3 Å². The van der Waals surface area contributed by atoms with E-state index in [1.165, 1.54) is 6.26 Å². The third-order valence-electron chi connectivity index (χ3n) is 4.33. The summed E-state index contributed by atoms with van der Waals surface area (Å²) in [5.41, 5.74) is 2.13. The molecule has 2 heterocycles. The molecule has 1 aliphatic heterocycles. The zero-order valence-electron chi connectivity index (χ0n) is 10.9. The molecule has 8 heteroatoms. The van der Waals surface area contributed by atoms with Gasteiger partial charge in [0.1, 0.15) is 5.51 Å². The fraction of sp³-hybridized carbons (Fsp3) is 0.818. The van der Waals surface area contributed by atoms with E-state index in [0.717, 1.165) is 37.5 Å². The van der Waals surface area contributed by atoms with Crippen molar-refractivity contribution in [1.82, 2.24) is 14.9 Å². The minimum Gasteiger partial charge on any atom is -0.347 e. The second-order valence-corrected chi connectivity index (χ2v) is 8.24. The molecule has 0 aromatic carbocycles. The maximum absolute atomic E-state index is 11.1. The number of rotatable bonds is 4. The summed E-state index contributed by atoms with van der Waals surface area (Å²) in [6.07, 6.45) is 4.63. The van der Waals surface area contributed by atoms with E-state index in [0.29, 0.717) is 17.9 Å². The Morgan fingerprint density at radius 2 is 2.26 bits per heavy atom. The van der Waals surface area contributed by atoms with Gasteiger partial charge in [-0.3, -0.25) is 0 Å². The lowest BCUT2D eigenvalue weighted by atomic mass is 9.91. The Balaban J connectivity index is 1.51. The number of nitrogens with one attached hydrogen (secondary N) is 1. The van der Waals surface area contributed by atoms with Gasteiger partial charge >= 0.3 is 0 Å². The first-order chi connectivity index (χ1) is 8.99. The van der Waals surface area contributed by atoms with Crippen LogP contribution in [0.5, 0.6) is 0 Å². The summed E-state index contributed by atoms with van der Waals surface area (Å²) in [6, 6.07) is 0. The van der Waals surface area contributed by atoms with Crippen molar-refractivity contribution in [1.29, 1.82) is 0 Å². The number of hydrogen-bond donors (Lipinski definition) is 1. The lowest BCUT2D eigenvalue weighted by molar-refractivity contribution is 0.348. The molecule has 0 amide bonds. The van der Waals surface area contributed by atoms with Gasteiger partial charge in [-0.15, -0.1) is 10.2 Å². The largest absolute Gasteiger partial charge is 0.347 e. The van der Waals surface area contributed by atoms with Crippen LogP contribution in [0.15, 0.2) is 5.51 Å². The fourth-order valence-electron chi connectivity index (χ4n) is 3.03. The average molecular weight is 302 g/mol. The second kappa shape index (κ2) is 4.68. The van der Waals surface area contributed by atoms with Crippen molar-refractivity contribution >= 4 is 26.5 Å². The smallest absolute Gasteiger partial charge is 0.208 e. The minimum absolute atomic E-state index is 0.374. The Morgan fingerprint density at radius 3 is 2.84 bits per heavy atom. The number of aromatic nitrogens is 2. The SMILES string of the molecule is CS(=O)(=O)NC[C@H]1CC12CCN(c1nncs1)CC2. The van der Waals surface area contributed by atoms with Gasteiger partial charge in [0.05, 0.1) is 6.26 Å². The van der Waals surface area contributed by atoms with Gasteiger partial charge in [-0.05, 0) is 30.6 Å². The fourth-order valence-corrected chi connectivity index (χ4v) is 4.15. The Hall–Kier alpha value is -0.730. The van der Waals surface area contributed by atoms with Gasteiger partial charge in [0, 0.05) is 19.6 Å². The van der Waals surface area contributed by atoms with Gasteiger partial charge in [0.15, 0.2) is 0 Å². The van der Waals surface area contributed by atoms with E-state index in [-0.39, 0.29) is 0 Å². The molecule has 2 fully saturated rings. The lowest BCUT2D eigenvalue weighted by Crippen LogP contribution is -2.36. The summed E-state index contributed by atoms with van der Waals surface area (Å²) in [7, 11) is -3.06. The highest BCUT2D eigenvalue weighted by atomic mass is 32.2. The van der Waals surface area contributed by atoms with Crippen LogP contribution in [0.3, 0.4) is 0 Å². The van der Waals surface area contributed by atoms with Crippen LogP contribution in [0, 0.1) is 11.3 Å². The summed E-state index contributed by atoms with van der Waals surface area (Å²) in [5, 5.41) is 8.97. The van der Waals surface area contributed by atoms with E-state index < -0.39 is 10.0 Å². The topological polar surface area (TPSA) is 75.2 Å². The van der Waals surface area contributed by atoms with Crippen LogP contribution >= 0.6 is 11.3 Å². The summed E-state index contributed by atoms with van der Waals surface area (Å²) in [4.78, 5) is 2.28. The molecule has 1 N–H and O–H groups in total. The van der Waals surface area contributed by atoms with Crippen molar-refractivity contribution in [2.45, 2.75) is 19.3 Å². The van der Waals surface area contributed by atoms with Crippen LogP contribution in [0.2, 0.25) is 0 Å². The molecule has 0 radical (unpaired) electrons. The maximum atomic E-state index is 11.1. The number of hydrogen-bond acceptors (Lipinski definition) is 6. The molecule has 1 saturated heterocycles. The van der Waals surface area contributed by atoms with Gasteiger partial charge in [-0.2, -0.15) is 0 Å². The molecule has 1 aromatic rings. The Morgan fingerprint density at radius 1 is 1.53 bits per heavy atom. The number of anilines is 1. The highest BCUT2D eigenvalue weighted by Gasteiger charge is 2.54. The molecule has 3 rings (SSSR count). The van der Waals surface area contributed by atoms with Crippen molar-refractivity contribution in [3.8, 4) is 0 Å². The van der Waals surface area contributed by atoms with Crippen molar-refractivity contribution in [3.05, 3.63) is 5.51 Å².